The van der Waals surface area contributed by atoms with Crippen molar-refractivity contribution in [2.24, 2.45) is 0 Å². The molecule has 3 heteroatoms. The van der Waals surface area contributed by atoms with Gasteiger partial charge in [-0.1, -0.05) is 30.3 Å². The highest BCUT2D eigenvalue weighted by molar-refractivity contribution is 5.82. The van der Waals surface area contributed by atoms with E-state index in [1.165, 1.54) is 4.90 Å². The lowest BCUT2D eigenvalue weighted by Crippen LogP contribution is -2.24. The molecule has 0 unspecified atom stereocenters. The topological polar surface area (TPSA) is 37.4 Å². The number of Topliss-reactive ketones (excluding diaryl/α,β-unsaturated/α-hetero) is 1. The predicted octanol–water partition coefficient (Wildman–Crippen LogP) is 1.28. The molecule has 0 N–H and O–H groups in total. The molecule has 1 amide bonds. The Morgan fingerprint density at radius 1 is 1.33 bits per heavy atom. The van der Waals surface area contributed by atoms with E-state index in [-0.39, 0.29) is 12.3 Å². The Hall–Kier alpha value is -1.64. The highest BCUT2D eigenvalue weighted by Gasteiger charge is 2.04. The summed E-state index contributed by atoms with van der Waals surface area (Å²) in [6.45, 7) is 0.205. The molecule has 0 saturated heterocycles. The van der Waals surface area contributed by atoms with Crippen LogP contribution in [0.3, 0.4) is 0 Å². The van der Waals surface area contributed by atoms with Crippen LogP contribution in [0.1, 0.15) is 12.0 Å². The molecule has 0 aromatic heterocycles. The lowest BCUT2D eigenvalue weighted by molar-refractivity contribution is -0.125. The normalized spacial score (nSPS) is 9.67. The van der Waals surface area contributed by atoms with Crippen molar-refractivity contribution in [3.05, 3.63) is 35.9 Å². The van der Waals surface area contributed by atoms with Gasteiger partial charge in [-0.05, 0) is 12.0 Å². The van der Waals surface area contributed by atoms with Crippen LogP contribution in [0.15, 0.2) is 30.3 Å². The SMILES string of the molecule is CN(C=O)CC(=O)CCc1ccccc1. The molecule has 0 atom stereocenters. The minimum atomic E-state index is 0.0912. The molecule has 0 heterocycles. The number of aryl methyl sites for hydroxylation is 1. The first kappa shape index (κ1) is 11.4. The quantitative estimate of drug-likeness (QED) is 0.656. The molecule has 0 fully saturated rings. The lowest BCUT2D eigenvalue weighted by Gasteiger charge is -2.08. The van der Waals surface area contributed by atoms with Gasteiger partial charge in [-0.3, -0.25) is 9.59 Å². The van der Waals surface area contributed by atoms with Gasteiger partial charge < -0.3 is 4.90 Å². The summed E-state index contributed by atoms with van der Waals surface area (Å²) in [6, 6.07) is 9.85. The molecule has 1 aromatic carbocycles. The molecule has 0 saturated carbocycles. The summed E-state index contributed by atoms with van der Waals surface area (Å²) in [5.74, 6) is 0.0912. The molecule has 80 valence electrons. The zero-order valence-corrected chi connectivity index (χ0v) is 8.85. The molecule has 0 aliphatic carbocycles. The van der Waals surface area contributed by atoms with E-state index in [0.29, 0.717) is 12.8 Å². The molecule has 15 heavy (non-hydrogen) atoms. The maximum Gasteiger partial charge on any atom is 0.209 e. The Kier molecular flexibility index (Phi) is 4.54. The van der Waals surface area contributed by atoms with E-state index in [9.17, 15) is 9.59 Å². The number of rotatable bonds is 6. The fourth-order valence-electron chi connectivity index (χ4n) is 1.32. The predicted molar refractivity (Wildman–Crippen MR) is 58.5 cm³/mol. The first-order chi connectivity index (χ1) is 7.22. The van der Waals surface area contributed by atoms with Crippen LogP contribution in [-0.4, -0.2) is 30.7 Å². The highest BCUT2D eigenvalue weighted by Crippen LogP contribution is 2.02. The molecule has 0 aliphatic rings. The average Bonchev–Trinajstić information content (AvgIpc) is 2.27. The van der Waals surface area contributed by atoms with Crippen molar-refractivity contribution >= 4 is 12.2 Å². The number of nitrogens with zero attached hydrogens (tertiary/aromatic N) is 1. The number of ketones is 1. The van der Waals surface area contributed by atoms with E-state index in [1.54, 1.807) is 7.05 Å². The van der Waals surface area contributed by atoms with Gasteiger partial charge in [-0.2, -0.15) is 0 Å². The van der Waals surface area contributed by atoms with Gasteiger partial charge in [0.2, 0.25) is 6.41 Å². The second-order valence-corrected chi connectivity index (χ2v) is 3.54. The highest BCUT2D eigenvalue weighted by atomic mass is 16.1. The Morgan fingerprint density at radius 3 is 2.60 bits per heavy atom. The van der Waals surface area contributed by atoms with Crippen LogP contribution in [0.5, 0.6) is 0 Å². The zero-order chi connectivity index (χ0) is 11.1. The third kappa shape index (κ3) is 4.40. The third-order valence-electron chi connectivity index (χ3n) is 2.14. The molecule has 1 aromatic rings. The standard InChI is InChI=1S/C12H15NO2/c1-13(10-14)9-12(15)8-7-11-5-3-2-4-6-11/h2-6,10H,7-9H2,1H3. The van der Waals surface area contributed by atoms with Crippen LogP contribution < -0.4 is 0 Å². The maximum absolute atomic E-state index is 11.4. The summed E-state index contributed by atoms with van der Waals surface area (Å²) >= 11 is 0. The molecule has 0 bridgehead atoms. The average molecular weight is 205 g/mol. The van der Waals surface area contributed by atoms with Crippen LogP contribution in [-0.2, 0) is 16.0 Å². The zero-order valence-electron chi connectivity index (χ0n) is 8.85. The number of carbonyl (C=O) groups is 2. The summed E-state index contributed by atoms with van der Waals surface area (Å²) in [4.78, 5) is 23.0. The van der Waals surface area contributed by atoms with E-state index in [4.69, 9.17) is 0 Å². The van der Waals surface area contributed by atoms with Gasteiger partial charge in [0.1, 0.15) is 0 Å². The molecular weight excluding hydrogens is 190 g/mol. The number of likely N-dealkylation sites (N-methyl/N-ethyl adjacent to an activating group) is 1. The van der Waals surface area contributed by atoms with Crippen molar-refractivity contribution < 1.29 is 9.59 Å². The van der Waals surface area contributed by atoms with Crippen LogP contribution in [0.4, 0.5) is 0 Å². The van der Waals surface area contributed by atoms with Gasteiger partial charge in [0, 0.05) is 13.5 Å². The van der Waals surface area contributed by atoms with Crippen molar-refractivity contribution in [2.45, 2.75) is 12.8 Å². The fraction of sp³-hybridized carbons (Fsp3) is 0.333. The number of hydrogen-bond acceptors (Lipinski definition) is 2. The van der Waals surface area contributed by atoms with Gasteiger partial charge in [0.25, 0.3) is 0 Å². The number of amides is 1. The van der Waals surface area contributed by atoms with E-state index in [0.717, 1.165) is 12.0 Å². The van der Waals surface area contributed by atoms with Gasteiger partial charge >= 0.3 is 0 Å². The minimum Gasteiger partial charge on any atom is -0.341 e. The first-order valence-corrected chi connectivity index (χ1v) is 4.93. The van der Waals surface area contributed by atoms with Crippen molar-refractivity contribution in [2.75, 3.05) is 13.6 Å². The monoisotopic (exact) mass is 205 g/mol. The van der Waals surface area contributed by atoms with Crippen molar-refractivity contribution in [1.29, 1.82) is 0 Å². The second kappa shape index (κ2) is 5.96. The van der Waals surface area contributed by atoms with E-state index in [2.05, 4.69) is 0 Å². The van der Waals surface area contributed by atoms with Crippen molar-refractivity contribution in [3.63, 3.8) is 0 Å². The molecule has 0 aliphatic heterocycles. The molecule has 0 spiro atoms. The summed E-state index contributed by atoms with van der Waals surface area (Å²) < 4.78 is 0. The Balaban J connectivity index is 2.31. The van der Waals surface area contributed by atoms with E-state index >= 15 is 0 Å². The third-order valence-corrected chi connectivity index (χ3v) is 2.14. The largest absolute Gasteiger partial charge is 0.341 e. The molecular formula is C12H15NO2. The Labute approximate surface area is 89.7 Å². The van der Waals surface area contributed by atoms with Crippen molar-refractivity contribution in [1.82, 2.24) is 4.90 Å². The summed E-state index contributed by atoms with van der Waals surface area (Å²) in [5, 5.41) is 0. The van der Waals surface area contributed by atoms with Gasteiger partial charge in [0.15, 0.2) is 5.78 Å². The van der Waals surface area contributed by atoms with Crippen molar-refractivity contribution in [3.8, 4) is 0 Å². The summed E-state index contributed by atoms with van der Waals surface area (Å²) in [5.41, 5.74) is 1.15. The minimum absolute atomic E-state index is 0.0912. The van der Waals surface area contributed by atoms with E-state index < -0.39 is 0 Å². The van der Waals surface area contributed by atoms with E-state index in [1.807, 2.05) is 30.3 Å². The first-order valence-electron chi connectivity index (χ1n) is 4.93. The Morgan fingerprint density at radius 2 is 2.00 bits per heavy atom. The number of carbonyl (C=O) groups excluding carboxylic acids is 2. The van der Waals surface area contributed by atoms with Gasteiger partial charge in [-0.15, -0.1) is 0 Å². The van der Waals surface area contributed by atoms with Crippen LogP contribution >= 0.6 is 0 Å². The second-order valence-electron chi connectivity index (χ2n) is 3.54. The number of hydrogen-bond donors (Lipinski definition) is 0. The summed E-state index contributed by atoms with van der Waals surface area (Å²) in [6.07, 6.45) is 1.90. The fourth-order valence-corrected chi connectivity index (χ4v) is 1.32. The van der Waals surface area contributed by atoms with Gasteiger partial charge in [0.05, 0.1) is 6.54 Å². The van der Waals surface area contributed by atoms with Crippen LogP contribution in [0.2, 0.25) is 0 Å². The van der Waals surface area contributed by atoms with Gasteiger partial charge in [-0.25, -0.2) is 0 Å². The van der Waals surface area contributed by atoms with Crippen LogP contribution in [0, 0.1) is 0 Å². The Bertz CT molecular complexity index is 322. The molecule has 0 radical (unpaired) electrons. The van der Waals surface area contributed by atoms with Crippen LogP contribution in [0.25, 0.3) is 0 Å². The smallest absolute Gasteiger partial charge is 0.209 e. The number of benzene rings is 1. The maximum atomic E-state index is 11.4. The lowest BCUT2D eigenvalue weighted by atomic mass is 10.1. The molecule has 1 rings (SSSR count). The summed E-state index contributed by atoms with van der Waals surface area (Å²) in [7, 11) is 1.60. The molecule has 3 nitrogen and oxygen atoms in total.